The molecule has 3 heterocycles. The quantitative estimate of drug-likeness (QED) is 0.500. The summed E-state index contributed by atoms with van der Waals surface area (Å²) in [5.41, 5.74) is 3.94. The van der Waals surface area contributed by atoms with E-state index in [1.165, 1.54) is 0 Å². The third-order valence-electron chi connectivity index (χ3n) is 6.89. The second-order valence-corrected chi connectivity index (χ2v) is 9.33. The molecule has 0 atom stereocenters. The number of hydrogen-bond acceptors (Lipinski definition) is 3. The van der Waals surface area contributed by atoms with Gasteiger partial charge in [-0.15, -0.1) is 0 Å². The molecule has 5 rings (SSSR count). The summed E-state index contributed by atoms with van der Waals surface area (Å²) in [6.45, 7) is 5.43. The van der Waals surface area contributed by atoms with Crippen molar-refractivity contribution >= 4 is 39.9 Å². The Labute approximate surface area is 193 Å². The largest absolute Gasteiger partial charge is 0.345 e. The number of likely N-dealkylation sites (tertiary alicyclic amines) is 1. The van der Waals surface area contributed by atoms with Gasteiger partial charge in [0.05, 0.1) is 17.0 Å². The van der Waals surface area contributed by atoms with E-state index >= 15 is 0 Å². The molecule has 1 aromatic heterocycles. The Hall–Kier alpha value is -2.63. The second kappa shape index (κ2) is 8.72. The van der Waals surface area contributed by atoms with Gasteiger partial charge in [-0.05, 0) is 50.4 Å². The molecule has 2 aliphatic heterocycles. The maximum Gasteiger partial charge on any atom is 0.231 e. The molecule has 0 aliphatic carbocycles. The lowest BCUT2D eigenvalue weighted by molar-refractivity contribution is -0.118. The fraction of sp³-hybridized carbons (Fsp3) is 0.385. The standard InChI is InChI=1S/C26H28ClN3O2/c1-18(31)22-17-29(26-21(22)7-4-8-23(26)27)13-5-12-28-14-10-20(11-15-28)30-24-9-3-2-6-19(24)16-25(30)32/h2-4,6-9,17,20H,5,10-16H2,1H3. The van der Waals surface area contributed by atoms with Crippen LogP contribution in [0.25, 0.3) is 10.9 Å². The van der Waals surface area contributed by atoms with Crippen LogP contribution in [0.2, 0.25) is 5.02 Å². The smallest absolute Gasteiger partial charge is 0.231 e. The lowest BCUT2D eigenvalue weighted by Crippen LogP contribution is -2.46. The summed E-state index contributed by atoms with van der Waals surface area (Å²) in [7, 11) is 0. The van der Waals surface area contributed by atoms with E-state index in [2.05, 4.69) is 21.6 Å². The average molecular weight is 450 g/mol. The number of carbonyl (C=O) groups excluding carboxylic acids is 2. The van der Waals surface area contributed by atoms with Gasteiger partial charge in [0.15, 0.2) is 5.78 Å². The monoisotopic (exact) mass is 449 g/mol. The normalized spacial score (nSPS) is 17.3. The van der Waals surface area contributed by atoms with Gasteiger partial charge in [0, 0.05) is 48.5 Å². The highest BCUT2D eigenvalue weighted by Crippen LogP contribution is 2.33. The highest BCUT2D eigenvalue weighted by atomic mass is 35.5. The molecule has 0 radical (unpaired) electrons. The van der Waals surface area contributed by atoms with Crippen LogP contribution in [0.1, 0.15) is 42.1 Å². The van der Waals surface area contributed by atoms with E-state index in [0.29, 0.717) is 17.5 Å². The predicted molar refractivity (Wildman–Crippen MR) is 129 cm³/mol. The number of anilines is 1. The molecule has 5 nitrogen and oxygen atoms in total. The number of hydrogen-bond donors (Lipinski definition) is 0. The first kappa shape index (κ1) is 21.2. The van der Waals surface area contributed by atoms with Crippen molar-refractivity contribution in [3.63, 3.8) is 0 Å². The number of carbonyl (C=O) groups is 2. The third kappa shape index (κ3) is 3.84. The minimum Gasteiger partial charge on any atom is -0.345 e. The number of para-hydroxylation sites is 2. The van der Waals surface area contributed by atoms with Gasteiger partial charge in [0.2, 0.25) is 5.91 Å². The number of rotatable bonds is 6. The van der Waals surface area contributed by atoms with E-state index in [4.69, 9.17) is 11.6 Å². The number of aryl methyl sites for hydroxylation is 1. The topological polar surface area (TPSA) is 45.6 Å². The van der Waals surface area contributed by atoms with Crippen molar-refractivity contribution in [2.75, 3.05) is 24.5 Å². The lowest BCUT2D eigenvalue weighted by atomic mass is 10.0. The summed E-state index contributed by atoms with van der Waals surface area (Å²) in [6.07, 6.45) is 5.48. The molecule has 2 aromatic carbocycles. The average Bonchev–Trinajstić information content (AvgIpc) is 3.32. The molecule has 0 saturated carbocycles. The predicted octanol–water partition coefficient (Wildman–Crippen LogP) is 4.94. The summed E-state index contributed by atoms with van der Waals surface area (Å²) >= 11 is 6.46. The Balaban J connectivity index is 1.19. The number of benzene rings is 2. The van der Waals surface area contributed by atoms with Crippen LogP contribution in [0.5, 0.6) is 0 Å². The minimum absolute atomic E-state index is 0.0659. The van der Waals surface area contributed by atoms with E-state index in [1.807, 2.05) is 41.4 Å². The van der Waals surface area contributed by atoms with Gasteiger partial charge in [-0.2, -0.15) is 0 Å². The van der Waals surface area contributed by atoms with E-state index in [0.717, 1.165) is 73.2 Å². The maximum atomic E-state index is 12.6. The molecule has 1 amide bonds. The number of fused-ring (bicyclic) bond motifs is 2. The van der Waals surface area contributed by atoms with Crippen molar-refractivity contribution in [2.24, 2.45) is 0 Å². The zero-order valence-corrected chi connectivity index (χ0v) is 19.1. The van der Waals surface area contributed by atoms with Crippen molar-refractivity contribution in [1.82, 2.24) is 9.47 Å². The van der Waals surface area contributed by atoms with Crippen molar-refractivity contribution in [2.45, 2.75) is 45.2 Å². The summed E-state index contributed by atoms with van der Waals surface area (Å²) in [5, 5.41) is 1.62. The van der Waals surface area contributed by atoms with Crippen molar-refractivity contribution < 1.29 is 9.59 Å². The van der Waals surface area contributed by atoms with Crippen LogP contribution in [0.4, 0.5) is 5.69 Å². The number of halogens is 1. The molecule has 0 bridgehead atoms. The fourth-order valence-corrected chi connectivity index (χ4v) is 5.60. The van der Waals surface area contributed by atoms with Gasteiger partial charge in [-0.3, -0.25) is 9.59 Å². The van der Waals surface area contributed by atoms with Crippen molar-refractivity contribution in [3.05, 3.63) is 64.8 Å². The van der Waals surface area contributed by atoms with E-state index < -0.39 is 0 Å². The van der Waals surface area contributed by atoms with Crippen LogP contribution in [-0.2, 0) is 17.8 Å². The molecule has 32 heavy (non-hydrogen) atoms. The zero-order valence-electron chi connectivity index (χ0n) is 18.4. The Kier molecular flexibility index (Phi) is 5.78. The zero-order chi connectivity index (χ0) is 22.2. The molecule has 0 unspecified atom stereocenters. The number of amides is 1. The van der Waals surface area contributed by atoms with Gasteiger partial charge in [0.25, 0.3) is 0 Å². The van der Waals surface area contributed by atoms with E-state index in [-0.39, 0.29) is 11.7 Å². The summed E-state index contributed by atoms with van der Waals surface area (Å²) in [6, 6.07) is 14.2. The Morgan fingerprint density at radius 3 is 2.62 bits per heavy atom. The Morgan fingerprint density at radius 2 is 1.84 bits per heavy atom. The lowest BCUT2D eigenvalue weighted by Gasteiger charge is -2.37. The number of piperidine rings is 1. The molecule has 166 valence electrons. The highest BCUT2D eigenvalue weighted by Gasteiger charge is 2.34. The van der Waals surface area contributed by atoms with Gasteiger partial charge < -0.3 is 14.4 Å². The van der Waals surface area contributed by atoms with Crippen LogP contribution >= 0.6 is 11.6 Å². The highest BCUT2D eigenvalue weighted by molar-refractivity contribution is 6.35. The van der Waals surface area contributed by atoms with Gasteiger partial charge in [-0.1, -0.05) is 41.9 Å². The number of nitrogens with zero attached hydrogens (tertiary/aromatic N) is 3. The van der Waals surface area contributed by atoms with Gasteiger partial charge in [-0.25, -0.2) is 0 Å². The molecular formula is C26H28ClN3O2. The van der Waals surface area contributed by atoms with Gasteiger partial charge in [0.1, 0.15) is 0 Å². The third-order valence-corrected chi connectivity index (χ3v) is 7.19. The first-order chi connectivity index (χ1) is 15.5. The summed E-state index contributed by atoms with van der Waals surface area (Å²) < 4.78 is 2.13. The minimum atomic E-state index is 0.0659. The van der Waals surface area contributed by atoms with Crippen LogP contribution in [0.3, 0.4) is 0 Å². The van der Waals surface area contributed by atoms with Crippen LogP contribution in [-0.4, -0.2) is 46.8 Å². The van der Waals surface area contributed by atoms with Crippen LogP contribution in [0, 0.1) is 0 Å². The molecule has 2 aliphatic rings. The molecule has 6 heteroatoms. The van der Waals surface area contributed by atoms with E-state index in [9.17, 15) is 9.59 Å². The van der Waals surface area contributed by atoms with Gasteiger partial charge >= 0.3 is 0 Å². The Bertz CT molecular complexity index is 1180. The first-order valence-electron chi connectivity index (χ1n) is 11.4. The number of ketones is 1. The summed E-state index contributed by atoms with van der Waals surface area (Å²) in [4.78, 5) is 29.2. The maximum absolute atomic E-state index is 12.6. The summed E-state index contributed by atoms with van der Waals surface area (Å²) in [5.74, 6) is 0.304. The molecule has 3 aromatic rings. The fourth-order valence-electron chi connectivity index (χ4n) is 5.32. The molecular weight excluding hydrogens is 422 g/mol. The Morgan fingerprint density at radius 1 is 1.06 bits per heavy atom. The number of aromatic nitrogens is 1. The SMILES string of the molecule is CC(=O)c1cn(CCCN2CCC(N3C(=O)Cc4ccccc43)CC2)c2c(Cl)cccc12. The van der Waals surface area contributed by atoms with Crippen molar-refractivity contribution in [1.29, 1.82) is 0 Å². The van der Waals surface area contributed by atoms with E-state index in [1.54, 1.807) is 6.92 Å². The molecule has 1 saturated heterocycles. The number of Topliss-reactive ketones (excluding diaryl/α,β-unsaturated/α-hetero) is 1. The van der Waals surface area contributed by atoms with Crippen molar-refractivity contribution in [3.8, 4) is 0 Å². The van der Waals surface area contributed by atoms with Crippen LogP contribution in [0.15, 0.2) is 48.7 Å². The molecule has 0 N–H and O–H groups in total. The molecule has 0 spiro atoms. The van der Waals surface area contributed by atoms with Crippen LogP contribution < -0.4 is 4.90 Å². The second-order valence-electron chi connectivity index (χ2n) is 8.92. The molecule has 1 fully saturated rings. The first-order valence-corrected chi connectivity index (χ1v) is 11.8.